The fraction of sp³-hybridized carbons (Fsp3) is 0.850. The van der Waals surface area contributed by atoms with Gasteiger partial charge >= 0.3 is 12.0 Å². The maximum atomic E-state index is 12.8. The summed E-state index contributed by atoms with van der Waals surface area (Å²) in [5, 5.41) is 12.6. The lowest BCUT2D eigenvalue weighted by atomic mass is 9.80. The van der Waals surface area contributed by atoms with Crippen LogP contribution < -0.4 is 5.32 Å². The first-order valence-corrected chi connectivity index (χ1v) is 10.3. The standard InChI is InChI=1S/C20H35N3O5/c1-15(2)11-21-19(27)22-8-4-6-16(12-22)10-17(24)23-9-5-7-20(13-23,14-28-3)18(25)26/h15-16H,4-14H2,1-3H3,(H,21,27)(H,25,26). The number of nitrogens with zero attached hydrogens (tertiary/aromatic N) is 2. The molecule has 2 heterocycles. The molecule has 8 nitrogen and oxygen atoms in total. The van der Waals surface area contributed by atoms with Gasteiger partial charge in [-0.3, -0.25) is 9.59 Å². The van der Waals surface area contributed by atoms with E-state index in [4.69, 9.17) is 4.74 Å². The Morgan fingerprint density at radius 2 is 1.93 bits per heavy atom. The zero-order valence-corrected chi connectivity index (χ0v) is 17.4. The molecule has 2 fully saturated rings. The SMILES string of the molecule is COCC1(C(=O)O)CCCN(C(=O)CC2CCCN(C(=O)NCC(C)C)C2)C1. The molecule has 0 spiro atoms. The Morgan fingerprint density at radius 1 is 1.21 bits per heavy atom. The van der Waals surface area contributed by atoms with Gasteiger partial charge in [0.25, 0.3) is 0 Å². The summed E-state index contributed by atoms with van der Waals surface area (Å²) in [7, 11) is 1.49. The van der Waals surface area contributed by atoms with Gasteiger partial charge in [0.05, 0.1) is 6.61 Å². The molecule has 2 saturated heterocycles. The molecular formula is C20H35N3O5. The number of piperidine rings is 2. The number of hydrogen-bond acceptors (Lipinski definition) is 4. The van der Waals surface area contributed by atoms with Crippen LogP contribution >= 0.6 is 0 Å². The first-order valence-electron chi connectivity index (χ1n) is 10.3. The predicted molar refractivity (Wildman–Crippen MR) is 105 cm³/mol. The molecule has 2 N–H and O–H groups in total. The first-order chi connectivity index (χ1) is 13.3. The molecule has 3 amide bonds. The molecule has 0 aromatic heterocycles. The second-order valence-corrected chi connectivity index (χ2v) is 8.68. The van der Waals surface area contributed by atoms with E-state index >= 15 is 0 Å². The van der Waals surface area contributed by atoms with E-state index in [1.54, 1.807) is 9.80 Å². The summed E-state index contributed by atoms with van der Waals surface area (Å²) in [4.78, 5) is 40.4. The second-order valence-electron chi connectivity index (χ2n) is 8.68. The van der Waals surface area contributed by atoms with Crippen molar-refractivity contribution in [2.24, 2.45) is 17.3 Å². The molecule has 8 heteroatoms. The number of hydrogen-bond donors (Lipinski definition) is 2. The fourth-order valence-electron chi connectivity index (χ4n) is 4.17. The predicted octanol–water partition coefficient (Wildman–Crippen LogP) is 1.79. The molecule has 0 aromatic carbocycles. The van der Waals surface area contributed by atoms with Gasteiger partial charge in [-0.1, -0.05) is 13.8 Å². The topological polar surface area (TPSA) is 99.2 Å². The lowest BCUT2D eigenvalue weighted by molar-refractivity contribution is -0.159. The number of amides is 3. The highest BCUT2D eigenvalue weighted by Crippen LogP contribution is 2.32. The third-order valence-electron chi connectivity index (χ3n) is 5.73. The van der Waals surface area contributed by atoms with Crippen molar-refractivity contribution in [2.75, 3.05) is 46.4 Å². The van der Waals surface area contributed by atoms with Gasteiger partial charge in [-0.25, -0.2) is 4.79 Å². The number of carbonyl (C=O) groups excluding carboxylic acids is 2. The van der Waals surface area contributed by atoms with Gasteiger partial charge in [-0.15, -0.1) is 0 Å². The van der Waals surface area contributed by atoms with Crippen molar-refractivity contribution < 1.29 is 24.2 Å². The minimum atomic E-state index is -1.02. The Labute approximate surface area is 167 Å². The van der Waals surface area contributed by atoms with Crippen LogP contribution in [0.15, 0.2) is 0 Å². The van der Waals surface area contributed by atoms with Crippen LogP contribution in [0.25, 0.3) is 0 Å². The van der Waals surface area contributed by atoms with Crippen LogP contribution in [0.1, 0.15) is 46.0 Å². The number of aliphatic carboxylic acids is 1. The smallest absolute Gasteiger partial charge is 0.317 e. The van der Waals surface area contributed by atoms with E-state index in [0.717, 1.165) is 12.8 Å². The van der Waals surface area contributed by atoms with E-state index in [-0.39, 0.29) is 31.0 Å². The summed E-state index contributed by atoms with van der Waals surface area (Å²) in [5.41, 5.74) is -1.02. The van der Waals surface area contributed by atoms with Crippen molar-refractivity contribution >= 4 is 17.9 Å². The molecule has 0 bridgehead atoms. The third kappa shape index (κ3) is 5.83. The van der Waals surface area contributed by atoms with Gasteiger partial charge in [0, 0.05) is 46.3 Å². The Bertz CT molecular complexity index is 564. The number of carboxylic acid groups (broad SMARTS) is 1. The summed E-state index contributed by atoms with van der Waals surface area (Å²) in [5.74, 6) is -0.408. The number of urea groups is 1. The van der Waals surface area contributed by atoms with Crippen LogP contribution in [0.4, 0.5) is 4.79 Å². The zero-order chi connectivity index (χ0) is 20.7. The summed E-state index contributed by atoms with van der Waals surface area (Å²) < 4.78 is 5.13. The van der Waals surface area contributed by atoms with Gasteiger partial charge in [-0.2, -0.15) is 0 Å². The number of nitrogens with one attached hydrogen (secondary N) is 1. The molecule has 2 aliphatic heterocycles. The monoisotopic (exact) mass is 397 g/mol. The van der Waals surface area contributed by atoms with Crippen LogP contribution in [0.2, 0.25) is 0 Å². The van der Waals surface area contributed by atoms with Crippen molar-refractivity contribution in [2.45, 2.75) is 46.0 Å². The van der Waals surface area contributed by atoms with Crippen LogP contribution in [-0.4, -0.2) is 79.3 Å². The Hall–Kier alpha value is -1.83. The molecule has 0 aromatic rings. The highest BCUT2D eigenvalue weighted by molar-refractivity contribution is 5.80. The largest absolute Gasteiger partial charge is 0.481 e. The van der Waals surface area contributed by atoms with Gasteiger partial charge in [0.1, 0.15) is 5.41 Å². The maximum absolute atomic E-state index is 12.8. The zero-order valence-electron chi connectivity index (χ0n) is 17.4. The third-order valence-corrected chi connectivity index (χ3v) is 5.73. The molecule has 160 valence electrons. The van der Waals surface area contributed by atoms with Gasteiger partial charge < -0.3 is 25.0 Å². The number of ether oxygens (including phenoxy) is 1. The van der Waals surface area contributed by atoms with Crippen LogP contribution in [0, 0.1) is 17.3 Å². The quantitative estimate of drug-likeness (QED) is 0.682. The highest BCUT2D eigenvalue weighted by atomic mass is 16.5. The highest BCUT2D eigenvalue weighted by Gasteiger charge is 2.44. The lowest BCUT2D eigenvalue weighted by Crippen LogP contribution is -2.53. The molecular weight excluding hydrogens is 362 g/mol. The summed E-state index contributed by atoms with van der Waals surface area (Å²) >= 11 is 0. The van der Waals surface area contributed by atoms with Gasteiger partial charge in [0.2, 0.25) is 5.91 Å². The number of carbonyl (C=O) groups is 3. The van der Waals surface area contributed by atoms with Gasteiger partial charge in [0.15, 0.2) is 0 Å². The Kier molecular flexibility index (Phi) is 8.10. The summed E-state index contributed by atoms with van der Waals surface area (Å²) in [6.45, 7) is 6.93. The molecule has 0 saturated carbocycles. The van der Waals surface area contributed by atoms with Crippen molar-refractivity contribution in [3.05, 3.63) is 0 Å². The van der Waals surface area contributed by atoms with Crippen molar-refractivity contribution in [1.82, 2.24) is 15.1 Å². The van der Waals surface area contributed by atoms with Crippen molar-refractivity contribution in [3.63, 3.8) is 0 Å². The molecule has 28 heavy (non-hydrogen) atoms. The van der Waals surface area contributed by atoms with E-state index in [2.05, 4.69) is 19.2 Å². The average molecular weight is 398 g/mol. The molecule has 2 unspecified atom stereocenters. The van der Waals surface area contributed by atoms with E-state index < -0.39 is 11.4 Å². The lowest BCUT2D eigenvalue weighted by Gasteiger charge is -2.40. The van der Waals surface area contributed by atoms with E-state index in [0.29, 0.717) is 51.4 Å². The number of carboxylic acids is 1. The minimum Gasteiger partial charge on any atom is -0.481 e. The normalized spacial score (nSPS) is 25.6. The van der Waals surface area contributed by atoms with Gasteiger partial charge in [-0.05, 0) is 37.5 Å². The van der Waals surface area contributed by atoms with Crippen LogP contribution in [0.5, 0.6) is 0 Å². The molecule has 2 rings (SSSR count). The molecule has 2 atom stereocenters. The molecule has 0 aliphatic carbocycles. The number of likely N-dealkylation sites (tertiary alicyclic amines) is 2. The summed E-state index contributed by atoms with van der Waals surface area (Å²) in [6.07, 6.45) is 3.34. The molecule has 2 aliphatic rings. The fourth-order valence-corrected chi connectivity index (χ4v) is 4.17. The van der Waals surface area contributed by atoms with Crippen molar-refractivity contribution in [3.8, 4) is 0 Å². The van der Waals surface area contributed by atoms with Crippen LogP contribution in [0.3, 0.4) is 0 Å². The second kappa shape index (κ2) is 10.1. The minimum absolute atomic E-state index is 0.0177. The van der Waals surface area contributed by atoms with E-state index in [1.165, 1.54) is 7.11 Å². The Morgan fingerprint density at radius 3 is 2.57 bits per heavy atom. The van der Waals surface area contributed by atoms with Crippen LogP contribution in [-0.2, 0) is 14.3 Å². The Balaban J connectivity index is 1.91. The maximum Gasteiger partial charge on any atom is 0.317 e. The van der Waals surface area contributed by atoms with Crippen molar-refractivity contribution in [1.29, 1.82) is 0 Å². The number of methoxy groups -OCH3 is 1. The number of rotatable bonds is 7. The van der Waals surface area contributed by atoms with E-state index in [1.807, 2.05) is 0 Å². The first kappa shape index (κ1) is 22.5. The van der Waals surface area contributed by atoms with E-state index in [9.17, 15) is 19.5 Å². The molecule has 0 radical (unpaired) electrons. The summed E-state index contributed by atoms with van der Waals surface area (Å²) in [6, 6.07) is -0.0613. The average Bonchev–Trinajstić information content (AvgIpc) is 2.66.